The molecule has 1 fully saturated rings. The highest BCUT2D eigenvalue weighted by Crippen LogP contribution is 2.25. The number of ether oxygens (including phenoxy) is 1. The first-order valence-electron chi connectivity index (χ1n) is 7.09. The van der Waals surface area contributed by atoms with Crippen LogP contribution in [-0.2, 0) is 9.53 Å². The molecular formula is C14H24N4O2. The van der Waals surface area contributed by atoms with Crippen LogP contribution in [0.1, 0.15) is 44.1 Å². The van der Waals surface area contributed by atoms with Gasteiger partial charge in [0.1, 0.15) is 5.54 Å². The smallest absolute Gasteiger partial charge is 0.244 e. The molecule has 6 heteroatoms. The SMILES string of the molecule is Cc1nn(C(C)C)c(C)c1NC(=O)C1(N)CCOCC1. The van der Waals surface area contributed by atoms with Gasteiger partial charge in [-0.15, -0.1) is 0 Å². The van der Waals surface area contributed by atoms with Crippen molar-refractivity contribution in [2.75, 3.05) is 18.5 Å². The van der Waals surface area contributed by atoms with Crippen molar-refractivity contribution in [2.24, 2.45) is 5.73 Å². The minimum absolute atomic E-state index is 0.143. The molecule has 0 radical (unpaired) electrons. The van der Waals surface area contributed by atoms with Crippen LogP contribution < -0.4 is 11.1 Å². The molecule has 0 aliphatic carbocycles. The van der Waals surface area contributed by atoms with E-state index in [9.17, 15) is 4.79 Å². The van der Waals surface area contributed by atoms with Gasteiger partial charge in [0.2, 0.25) is 5.91 Å². The predicted octanol–water partition coefficient (Wildman–Crippen LogP) is 1.53. The normalized spacial score (nSPS) is 18.3. The van der Waals surface area contributed by atoms with Crippen LogP contribution in [0.3, 0.4) is 0 Å². The molecule has 1 saturated heterocycles. The van der Waals surface area contributed by atoms with E-state index in [1.165, 1.54) is 0 Å². The molecule has 1 aromatic heterocycles. The van der Waals surface area contributed by atoms with E-state index in [2.05, 4.69) is 24.3 Å². The molecule has 112 valence electrons. The third kappa shape index (κ3) is 2.71. The van der Waals surface area contributed by atoms with Gasteiger partial charge < -0.3 is 15.8 Å². The quantitative estimate of drug-likeness (QED) is 0.879. The number of anilines is 1. The van der Waals surface area contributed by atoms with Crippen LogP contribution in [0.25, 0.3) is 0 Å². The first-order chi connectivity index (χ1) is 9.35. The highest BCUT2D eigenvalue weighted by molar-refractivity contribution is 5.98. The molecule has 3 N–H and O–H groups in total. The monoisotopic (exact) mass is 280 g/mol. The highest BCUT2D eigenvalue weighted by Gasteiger charge is 2.36. The number of nitrogens with one attached hydrogen (secondary N) is 1. The summed E-state index contributed by atoms with van der Waals surface area (Å²) in [4.78, 5) is 12.4. The van der Waals surface area contributed by atoms with Crippen molar-refractivity contribution in [1.29, 1.82) is 0 Å². The summed E-state index contributed by atoms with van der Waals surface area (Å²) in [5.74, 6) is -0.143. The van der Waals surface area contributed by atoms with Gasteiger partial charge in [0.25, 0.3) is 0 Å². The van der Waals surface area contributed by atoms with E-state index in [0.29, 0.717) is 26.1 Å². The number of hydrogen-bond acceptors (Lipinski definition) is 4. The van der Waals surface area contributed by atoms with Crippen LogP contribution >= 0.6 is 0 Å². The highest BCUT2D eigenvalue weighted by atomic mass is 16.5. The van der Waals surface area contributed by atoms with Crippen LogP contribution in [0.5, 0.6) is 0 Å². The van der Waals surface area contributed by atoms with Crippen molar-refractivity contribution in [2.45, 2.75) is 52.1 Å². The Hall–Kier alpha value is -1.40. The Morgan fingerprint density at radius 2 is 2.00 bits per heavy atom. The second kappa shape index (κ2) is 5.54. The summed E-state index contributed by atoms with van der Waals surface area (Å²) in [6.07, 6.45) is 1.10. The summed E-state index contributed by atoms with van der Waals surface area (Å²) < 4.78 is 7.19. The summed E-state index contributed by atoms with van der Waals surface area (Å²) in [5.41, 5.74) is 7.92. The zero-order valence-corrected chi connectivity index (χ0v) is 12.7. The van der Waals surface area contributed by atoms with E-state index in [4.69, 9.17) is 10.5 Å². The number of nitrogens with two attached hydrogens (primary N) is 1. The Morgan fingerprint density at radius 3 is 2.50 bits per heavy atom. The van der Waals surface area contributed by atoms with Gasteiger partial charge in [0, 0.05) is 19.3 Å². The van der Waals surface area contributed by atoms with E-state index in [-0.39, 0.29) is 11.9 Å². The molecule has 2 rings (SSSR count). The molecule has 1 aliphatic rings. The fraction of sp³-hybridized carbons (Fsp3) is 0.714. The molecule has 1 aliphatic heterocycles. The lowest BCUT2D eigenvalue weighted by atomic mass is 9.90. The summed E-state index contributed by atoms with van der Waals surface area (Å²) in [5, 5.41) is 7.43. The number of amides is 1. The van der Waals surface area contributed by atoms with Gasteiger partial charge in [-0.25, -0.2) is 0 Å². The summed E-state index contributed by atoms with van der Waals surface area (Å²) >= 11 is 0. The maximum Gasteiger partial charge on any atom is 0.244 e. The molecule has 20 heavy (non-hydrogen) atoms. The van der Waals surface area contributed by atoms with E-state index < -0.39 is 5.54 Å². The lowest BCUT2D eigenvalue weighted by Gasteiger charge is -2.31. The van der Waals surface area contributed by atoms with E-state index in [0.717, 1.165) is 17.1 Å². The fourth-order valence-electron chi connectivity index (χ4n) is 2.55. The average Bonchev–Trinajstić information content (AvgIpc) is 2.67. The van der Waals surface area contributed by atoms with E-state index in [1.54, 1.807) is 0 Å². The number of carbonyl (C=O) groups excluding carboxylic acids is 1. The van der Waals surface area contributed by atoms with E-state index >= 15 is 0 Å². The minimum Gasteiger partial charge on any atom is -0.381 e. The van der Waals surface area contributed by atoms with Gasteiger partial charge in [0.05, 0.1) is 17.1 Å². The molecule has 0 bridgehead atoms. The molecule has 2 heterocycles. The Morgan fingerprint density at radius 1 is 1.40 bits per heavy atom. The molecule has 0 spiro atoms. The standard InChI is InChI=1S/C14H24N4O2/c1-9(2)18-11(4)12(10(3)17-18)16-13(19)14(15)5-7-20-8-6-14/h9H,5-8,15H2,1-4H3,(H,16,19). The first kappa shape index (κ1) is 15.0. The molecule has 0 atom stereocenters. The van der Waals surface area contributed by atoms with Crippen LogP contribution in [0.4, 0.5) is 5.69 Å². The summed E-state index contributed by atoms with van der Waals surface area (Å²) in [7, 11) is 0. The summed E-state index contributed by atoms with van der Waals surface area (Å²) in [6, 6.07) is 0.259. The Kier molecular flexibility index (Phi) is 4.15. The van der Waals surface area contributed by atoms with Gasteiger partial charge in [-0.1, -0.05) is 0 Å². The third-order valence-electron chi connectivity index (χ3n) is 3.89. The predicted molar refractivity (Wildman–Crippen MR) is 77.7 cm³/mol. The van der Waals surface area contributed by atoms with E-state index in [1.807, 2.05) is 18.5 Å². The second-order valence-electron chi connectivity index (χ2n) is 5.81. The molecule has 1 aromatic rings. The maximum atomic E-state index is 12.4. The molecule has 6 nitrogen and oxygen atoms in total. The van der Waals surface area contributed by atoms with Crippen molar-refractivity contribution >= 4 is 11.6 Å². The van der Waals surface area contributed by atoms with Crippen molar-refractivity contribution in [3.8, 4) is 0 Å². The molecule has 0 saturated carbocycles. The number of aromatic nitrogens is 2. The fourth-order valence-corrected chi connectivity index (χ4v) is 2.55. The minimum atomic E-state index is -0.836. The zero-order chi connectivity index (χ0) is 14.9. The molecular weight excluding hydrogens is 256 g/mol. The Labute approximate surface area is 119 Å². The third-order valence-corrected chi connectivity index (χ3v) is 3.89. The maximum absolute atomic E-state index is 12.4. The summed E-state index contributed by atoms with van der Waals surface area (Å²) in [6.45, 7) is 9.06. The lowest BCUT2D eigenvalue weighted by Crippen LogP contribution is -2.54. The van der Waals surface area contributed by atoms with Crippen molar-refractivity contribution in [3.05, 3.63) is 11.4 Å². The van der Waals surface area contributed by atoms with Gasteiger partial charge in [-0.05, 0) is 40.5 Å². The Bertz CT molecular complexity index is 502. The topological polar surface area (TPSA) is 82.2 Å². The van der Waals surface area contributed by atoms with Crippen molar-refractivity contribution in [1.82, 2.24) is 9.78 Å². The average molecular weight is 280 g/mol. The van der Waals surface area contributed by atoms with Gasteiger partial charge in [-0.3, -0.25) is 9.48 Å². The van der Waals surface area contributed by atoms with Crippen molar-refractivity contribution in [3.63, 3.8) is 0 Å². The zero-order valence-electron chi connectivity index (χ0n) is 12.7. The number of nitrogens with zero attached hydrogens (tertiary/aromatic N) is 2. The van der Waals surface area contributed by atoms with Gasteiger partial charge in [-0.2, -0.15) is 5.10 Å². The number of aryl methyl sites for hydroxylation is 1. The number of rotatable bonds is 3. The molecule has 0 unspecified atom stereocenters. The Balaban J connectivity index is 2.19. The number of carbonyl (C=O) groups is 1. The van der Waals surface area contributed by atoms with Crippen molar-refractivity contribution < 1.29 is 9.53 Å². The second-order valence-corrected chi connectivity index (χ2v) is 5.81. The lowest BCUT2D eigenvalue weighted by molar-refractivity contribution is -0.124. The van der Waals surface area contributed by atoms with Crippen LogP contribution in [0.2, 0.25) is 0 Å². The van der Waals surface area contributed by atoms with Gasteiger partial charge >= 0.3 is 0 Å². The van der Waals surface area contributed by atoms with Crippen LogP contribution in [0.15, 0.2) is 0 Å². The largest absolute Gasteiger partial charge is 0.381 e. The molecule has 1 amide bonds. The number of hydrogen-bond donors (Lipinski definition) is 2. The molecule has 0 aromatic carbocycles. The van der Waals surface area contributed by atoms with Gasteiger partial charge in [0.15, 0.2) is 0 Å². The van der Waals surface area contributed by atoms with Crippen LogP contribution in [-0.4, -0.2) is 34.4 Å². The first-order valence-corrected chi connectivity index (χ1v) is 7.09. The van der Waals surface area contributed by atoms with Crippen LogP contribution in [0, 0.1) is 13.8 Å².